The predicted octanol–water partition coefficient (Wildman–Crippen LogP) is 3.34. The molecule has 8 heteroatoms. The van der Waals surface area contributed by atoms with Crippen molar-refractivity contribution in [3.8, 4) is 0 Å². The molecule has 31 heavy (non-hydrogen) atoms. The van der Waals surface area contributed by atoms with Crippen molar-refractivity contribution in [2.45, 2.75) is 32.8 Å². The number of piperazine rings is 1. The van der Waals surface area contributed by atoms with Gasteiger partial charge in [0.25, 0.3) is 0 Å². The van der Waals surface area contributed by atoms with Crippen molar-refractivity contribution in [3.05, 3.63) is 36.4 Å². The summed E-state index contributed by atoms with van der Waals surface area (Å²) in [6, 6.07) is 11.6. The Balaban J connectivity index is 1.49. The van der Waals surface area contributed by atoms with E-state index in [0.29, 0.717) is 26.1 Å². The van der Waals surface area contributed by atoms with Crippen LogP contribution in [0.15, 0.2) is 36.4 Å². The number of ether oxygens (including phenoxy) is 1. The van der Waals surface area contributed by atoms with Gasteiger partial charge in [-0.05, 0) is 44.4 Å². The van der Waals surface area contributed by atoms with Crippen molar-refractivity contribution in [1.82, 2.24) is 10.2 Å². The Morgan fingerprint density at radius 2 is 1.74 bits per heavy atom. The first-order valence-electron chi connectivity index (χ1n) is 10.6. The first-order valence-corrected chi connectivity index (χ1v) is 10.6. The number of nitrogens with one attached hydrogen (secondary N) is 1. The van der Waals surface area contributed by atoms with E-state index in [-0.39, 0.29) is 18.0 Å². The second-order valence-corrected chi connectivity index (χ2v) is 8.89. The van der Waals surface area contributed by atoms with Gasteiger partial charge in [0.2, 0.25) is 5.91 Å². The molecule has 164 valence electrons. The summed E-state index contributed by atoms with van der Waals surface area (Å²) in [5.74, 6) is -0.241. The molecule has 2 aromatic rings. The van der Waals surface area contributed by atoms with Crippen molar-refractivity contribution < 1.29 is 19.1 Å². The van der Waals surface area contributed by atoms with Crippen LogP contribution in [-0.4, -0.2) is 61.3 Å². The average molecular weight is 425 g/mol. The van der Waals surface area contributed by atoms with Gasteiger partial charge in [-0.1, -0.05) is 18.2 Å². The van der Waals surface area contributed by atoms with E-state index < -0.39 is 5.60 Å². The van der Waals surface area contributed by atoms with Crippen LogP contribution in [0.3, 0.4) is 0 Å². The second-order valence-electron chi connectivity index (χ2n) is 8.89. The van der Waals surface area contributed by atoms with Crippen molar-refractivity contribution in [2.24, 2.45) is 0 Å². The molecule has 2 fully saturated rings. The lowest BCUT2D eigenvalue weighted by atomic mass is 10.1. The third-order valence-electron chi connectivity index (χ3n) is 5.48. The molecule has 0 radical (unpaired) electrons. The van der Waals surface area contributed by atoms with Crippen LogP contribution in [0.2, 0.25) is 0 Å². The first kappa shape index (κ1) is 21.0. The Hall–Kier alpha value is -3.29. The zero-order chi connectivity index (χ0) is 22.2. The Bertz CT molecular complexity index is 1020. The molecular formula is C23H28N4O4. The summed E-state index contributed by atoms with van der Waals surface area (Å²) in [5.41, 5.74) is 1.37. The van der Waals surface area contributed by atoms with Crippen LogP contribution in [0.25, 0.3) is 10.8 Å². The number of imide groups is 1. The number of anilines is 2. The van der Waals surface area contributed by atoms with Crippen molar-refractivity contribution in [3.63, 3.8) is 0 Å². The quantitative estimate of drug-likeness (QED) is 0.800. The molecule has 8 nitrogen and oxygen atoms in total. The zero-order valence-electron chi connectivity index (χ0n) is 18.2. The molecule has 2 aromatic carbocycles. The van der Waals surface area contributed by atoms with Crippen LogP contribution in [0.5, 0.6) is 0 Å². The highest BCUT2D eigenvalue weighted by Crippen LogP contribution is 2.31. The van der Waals surface area contributed by atoms with Crippen LogP contribution in [0, 0.1) is 0 Å². The van der Waals surface area contributed by atoms with E-state index in [1.165, 1.54) is 0 Å². The van der Waals surface area contributed by atoms with Crippen molar-refractivity contribution in [1.29, 1.82) is 0 Å². The topological polar surface area (TPSA) is 82.2 Å². The maximum atomic E-state index is 12.3. The van der Waals surface area contributed by atoms with E-state index in [0.717, 1.165) is 35.2 Å². The highest BCUT2D eigenvalue weighted by Gasteiger charge is 2.27. The number of urea groups is 1. The van der Waals surface area contributed by atoms with E-state index in [4.69, 9.17) is 4.74 Å². The van der Waals surface area contributed by atoms with Gasteiger partial charge < -0.3 is 14.5 Å². The summed E-state index contributed by atoms with van der Waals surface area (Å²) in [6.07, 6.45) is 0.0240. The molecule has 2 heterocycles. The molecule has 2 aliphatic heterocycles. The average Bonchev–Trinajstić information content (AvgIpc) is 2.72. The number of hydrogen-bond donors (Lipinski definition) is 1. The first-order chi connectivity index (χ1) is 14.7. The highest BCUT2D eigenvalue weighted by molar-refractivity contribution is 6.10. The molecule has 0 aliphatic carbocycles. The molecule has 0 spiro atoms. The summed E-state index contributed by atoms with van der Waals surface area (Å²) >= 11 is 0. The lowest BCUT2D eigenvalue weighted by Crippen LogP contribution is -2.50. The van der Waals surface area contributed by atoms with Gasteiger partial charge in [0, 0.05) is 50.2 Å². The maximum absolute atomic E-state index is 12.3. The maximum Gasteiger partial charge on any atom is 0.410 e. The summed E-state index contributed by atoms with van der Waals surface area (Å²) < 4.78 is 5.47. The van der Waals surface area contributed by atoms with E-state index in [1.54, 1.807) is 9.80 Å². The number of rotatable bonds is 2. The molecule has 4 amide bonds. The fraction of sp³-hybridized carbons (Fsp3) is 0.435. The third kappa shape index (κ3) is 4.57. The standard InChI is InChI=1S/C23H28N4O4/c1-23(2,3)31-22(30)26-13-11-25(12-14-26)17-7-8-18-16(15-17)5-4-6-19(18)27-10-9-20(28)24-21(27)29/h4-8,15H,9-14H2,1-3H3,(H,24,28,29). The molecule has 0 aromatic heterocycles. The van der Waals surface area contributed by atoms with E-state index in [2.05, 4.69) is 16.3 Å². The number of hydrogen-bond acceptors (Lipinski definition) is 5. The van der Waals surface area contributed by atoms with E-state index >= 15 is 0 Å². The molecule has 2 aliphatic rings. The fourth-order valence-electron chi connectivity index (χ4n) is 3.95. The fourth-order valence-corrected chi connectivity index (χ4v) is 3.95. The van der Waals surface area contributed by atoms with Gasteiger partial charge in [-0.2, -0.15) is 0 Å². The Kier molecular flexibility index (Phi) is 5.47. The third-order valence-corrected chi connectivity index (χ3v) is 5.48. The molecule has 0 atom stereocenters. The largest absolute Gasteiger partial charge is 0.444 e. The minimum Gasteiger partial charge on any atom is -0.444 e. The molecule has 0 unspecified atom stereocenters. The number of benzene rings is 2. The summed E-state index contributed by atoms with van der Waals surface area (Å²) in [5, 5.41) is 4.36. The van der Waals surface area contributed by atoms with Gasteiger partial charge in [0.1, 0.15) is 5.60 Å². The zero-order valence-corrected chi connectivity index (χ0v) is 18.2. The van der Waals surface area contributed by atoms with Crippen LogP contribution in [0.1, 0.15) is 27.2 Å². The minimum absolute atomic E-state index is 0.241. The van der Waals surface area contributed by atoms with Crippen molar-refractivity contribution >= 4 is 40.2 Å². The smallest absolute Gasteiger partial charge is 0.410 e. The number of carbonyl (C=O) groups is 3. The summed E-state index contributed by atoms with van der Waals surface area (Å²) in [4.78, 5) is 41.7. The molecule has 0 bridgehead atoms. The molecular weight excluding hydrogens is 396 g/mol. The second kappa shape index (κ2) is 8.09. The molecule has 1 N–H and O–H groups in total. The van der Waals surface area contributed by atoms with Crippen LogP contribution < -0.4 is 15.1 Å². The van der Waals surface area contributed by atoms with Crippen LogP contribution in [-0.2, 0) is 9.53 Å². The Morgan fingerprint density at radius 3 is 2.42 bits per heavy atom. The number of fused-ring (bicyclic) bond motifs is 1. The normalized spacial score (nSPS) is 17.7. The Morgan fingerprint density at radius 1 is 1.00 bits per heavy atom. The lowest BCUT2D eigenvalue weighted by Gasteiger charge is -2.37. The van der Waals surface area contributed by atoms with Gasteiger partial charge in [-0.15, -0.1) is 0 Å². The monoisotopic (exact) mass is 424 g/mol. The van der Waals surface area contributed by atoms with E-state index in [1.807, 2.05) is 51.1 Å². The van der Waals surface area contributed by atoms with Crippen molar-refractivity contribution in [2.75, 3.05) is 42.5 Å². The van der Waals surface area contributed by atoms with Gasteiger partial charge in [-0.25, -0.2) is 9.59 Å². The lowest BCUT2D eigenvalue weighted by molar-refractivity contribution is -0.120. The van der Waals surface area contributed by atoms with Gasteiger partial charge in [0.05, 0.1) is 5.69 Å². The number of nitrogens with zero attached hydrogens (tertiary/aromatic N) is 3. The number of carbonyl (C=O) groups excluding carboxylic acids is 3. The van der Waals surface area contributed by atoms with Gasteiger partial charge >= 0.3 is 12.1 Å². The molecule has 4 rings (SSSR count). The summed E-state index contributed by atoms with van der Waals surface area (Å²) in [6.45, 7) is 8.64. The predicted molar refractivity (Wildman–Crippen MR) is 119 cm³/mol. The van der Waals surface area contributed by atoms with E-state index in [9.17, 15) is 14.4 Å². The molecule has 2 saturated heterocycles. The van der Waals surface area contributed by atoms with Crippen LogP contribution >= 0.6 is 0 Å². The van der Waals surface area contributed by atoms with Crippen LogP contribution in [0.4, 0.5) is 21.0 Å². The SMILES string of the molecule is CC(C)(C)OC(=O)N1CCN(c2ccc3c(N4CCC(=O)NC4=O)cccc3c2)CC1. The van der Waals surface area contributed by atoms with Gasteiger partial charge in [-0.3, -0.25) is 15.0 Å². The molecule has 0 saturated carbocycles. The highest BCUT2D eigenvalue weighted by atomic mass is 16.6. The summed E-state index contributed by atoms with van der Waals surface area (Å²) in [7, 11) is 0. The minimum atomic E-state index is -0.497. The Labute approximate surface area is 181 Å². The number of amides is 4. The van der Waals surface area contributed by atoms with Gasteiger partial charge in [0.15, 0.2) is 0 Å².